The molecule has 1 aliphatic heterocycles. The third kappa shape index (κ3) is 3.70. The topological polar surface area (TPSA) is 38.7 Å². The van der Waals surface area contributed by atoms with E-state index in [-0.39, 0.29) is 12.2 Å². The smallest absolute Gasteiger partial charge is 0.122 e. The standard InChI is InChI=1S/C14H19BrO3/c1-17-14-5-4-11(15)7-10(14)8-12(16)9-13-3-2-6-18-13/h4-5,7,12-13,16H,2-3,6,8-9H2,1H3. The highest BCUT2D eigenvalue weighted by atomic mass is 79.9. The molecule has 0 radical (unpaired) electrons. The predicted molar refractivity (Wildman–Crippen MR) is 74.0 cm³/mol. The molecule has 2 rings (SSSR count). The average Bonchev–Trinajstić information content (AvgIpc) is 2.82. The van der Waals surface area contributed by atoms with Crippen molar-refractivity contribution in [3.8, 4) is 5.75 Å². The average molecular weight is 315 g/mol. The normalized spacial score (nSPS) is 20.9. The maximum absolute atomic E-state index is 10.1. The zero-order chi connectivity index (χ0) is 13.0. The van der Waals surface area contributed by atoms with Gasteiger partial charge in [-0.2, -0.15) is 0 Å². The predicted octanol–water partition coefficient (Wildman–Crippen LogP) is 2.93. The molecule has 0 saturated carbocycles. The van der Waals surface area contributed by atoms with Gasteiger partial charge in [-0.3, -0.25) is 0 Å². The molecule has 1 aromatic rings. The van der Waals surface area contributed by atoms with E-state index in [1.807, 2.05) is 18.2 Å². The van der Waals surface area contributed by atoms with Crippen molar-refractivity contribution in [3.63, 3.8) is 0 Å². The Bertz CT molecular complexity index is 389. The third-order valence-corrected chi connectivity index (χ3v) is 3.75. The summed E-state index contributed by atoms with van der Waals surface area (Å²) in [6, 6.07) is 5.85. The van der Waals surface area contributed by atoms with Gasteiger partial charge in [-0.05, 0) is 43.0 Å². The number of aliphatic hydroxyl groups excluding tert-OH is 1. The van der Waals surface area contributed by atoms with Crippen LogP contribution >= 0.6 is 15.9 Å². The summed E-state index contributed by atoms with van der Waals surface area (Å²) in [5, 5.41) is 10.1. The van der Waals surface area contributed by atoms with Gasteiger partial charge in [0.2, 0.25) is 0 Å². The van der Waals surface area contributed by atoms with Crippen LogP contribution in [0.4, 0.5) is 0 Å². The largest absolute Gasteiger partial charge is 0.496 e. The number of halogens is 1. The first-order chi connectivity index (χ1) is 8.69. The Kier molecular flexibility index (Phi) is 5.03. The van der Waals surface area contributed by atoms with Crippen molar-refractivity contribution in [3.05, 3.63) is 28.2 Å². The van der Waals surface area contributed by atoms with Gasteiger partial charge in [0.1, 0.15) is 5.75 Å². The maximum atomic E-state index is 10.1. The minimum Gasteiger partial charge on any atom is -0.496 e. The van der Waals surface area contributed by atoms with Gasteiger partial charge in [0, 0.05) is 17.5 Å². The molecule has 0 amide bonds. The second-order valence-corrected chi connectivity index (χ2v) is 5.60. The Morgan fingerprint density at radius 3 is 3.06 bits per heavy atom. The highest BCUT2D eigenvalue weighted by Gasteiger charge is 2.20. The minimum atomic E-state index is -0.378. The molecule has 0 aliphatic carbocycles. The number of benzene rings is 1. The van der Waals surface area contributed by atoms with Gasteiger partial charge in [-0.25, -0.2) is 0 Å². The second kappa shape index (κ2) is 6.55. The summed E-state index contributed by atoms with van der Waals surface area (Å²) in [6.45, 7) is 0.831. The molecule has 100 valence electrons. The van der Waals surface area contributed by atoms with Crippen LogP contribution in [0.2, 0.25) is 0 Å². The lowest BCUT2D eigenvalue weighted by molar-refractivity contribution is 0.0538. The molecule has 1 fully saturated rings. The lowest BCUT2D eigenvalue weighted by Gasteiger charge is -2.17. The Labute approximate surface area is 116 Å². The molecule has 3 nitrogen and oxygen atoms in total. The number of ether oxygens (including phenoxy) is 2. The molecule has 1 aromatic carbocycles. The van der Waals surface area contributed by atoms with Crippen LogP contribution in [0.1, 0.15) is 24.8 Å². The van der Waals surface area contributed by atoms with Crippen LogP contribution in [0.25, 0.3) is 0 Å². The van der Waals surface area contributed by atoms with E-state index in [0.717, 1.165) is 35.2 Å². The highest BCUT2D eigenvalue weighted by molar-refractivity contribution is 9.10. The first kappa shape index (κ1) is 13.8. The number of aliphatic hydroxyl groups is 1. The fourth-order valence-corrected chi connectivity index (χ4v) is 2.79. The second-order valence-electron chi connectivity index (χ2n) is 4.68. The minimum absolute atomic E-state index is 0.221. The molecular weight excluding hydrogens is 296 g/mol. The van der Waals surface area contributed by atoms with Crippen molar-refractivity contribution in [1.29, 1.82) is 0 Å². The number of methoxy groups -OCH3 is 1. The third-order valence-electron chi connectivity index (χ3n) is 3.26. The highest BCUT2D eigenvalue weighted by Crippen LogP contribution is 2.26. The first-order valence-electron chi connectivity index (χ1n) is 6.31. The Balaban J connectivity index is 1.96. The van der Waals surface area contributed by atoms with Crippen LogP contribution in [0.5, 0.6) is 5.75 Å². The quantitative estimate of drug-likeness (QED) is 0.908. The summed E-state index contributed by atoms with van der Waals surface area (Å²) >= 11 is 3.44. The summed E-state index contributed by atoms with van der Waals surface area (Å²) in [5.41, 5.74) is 1.03. The van der Waals surface area contributed by atoms with Gasteiger partial charge in [0.05, 0.1) is 19.3 Å². The zero-order valence-corrected chi connectivity index (χ0v) is 12.1. The van der Waals surface area contributed by atoms with E-state index < -0.39 is 0 Å². The molecule has 1 heterocycles. The van der Waals surface area contributed by atoms with Crippen LogP contribution in [-0.2, 0) is 11.2 Å². The van der Waals surface area contributed by atoms with Gasteiger partial charge < -0.3 is 14.6 Å². The van der Waals surface area contributed by atoms with Crippen molar-refractivity contribution in [2.24, 2.45) is 0 Å². The van der Waals surface area contributed by atoms with Gasteiger partial charge in [0.25, 0.3) is 0 Å². The monoisotopic (exact) mass is 314 g/mol. The van der Waals surface area contributed by atoms with Crippen molar-refractivity contribution >= 4 is 15.9 Å². The molecule has 0 bridgehead atoms. The molecule has 2 unspecified atom stereocenters. The first-order valence-corrected chi connectivity index (χ1v) is 7.10. The van der Waals surface area contributed by atoms with E-state index in [2.05, 4.69) is 15.9 Å². The Morgan fingerprint density at radius 1 is 1.56 bits per heavy atom. The summed E-state index contributed by atoms with van der Waals surface area (Å²) in [7, 11) is 1.65. The Hall–Kier alpha value is -0.580. The lowest BCUT2D eigenvalue weighted by Crippen LogP contribution is -2.19. The van der Waals surface area contributed by atoms with Crippen molar-refractivity contribution in [2.45, 2.75) is 37.9 Å². The fraction of sp³-hybridized carbons (Fsp3) is 0.571. The lowest BCUT2D eigenvalue weighted by atomic mass is 10.0. The van der Waals surface area contributed by atoms with Crippen molar-refractivity contribution in [1.82, 2.24) is 0 Å². The Morgan fingerprint density at radius 2 is 2.39 bits per heavy atom. The summed E-state index contributed by atoms with van der Waals surface area (Å²) < 4.78 is 11.9. The fourth-order valence-electron chi connectivity index (χ4n) is 2.38. The van der Waals surface area contributed by atoms with Gasteiger partial charge in [-0.1, -0.05) is 15.9 Å². The van der Waals surface area contributed by atoms with Crippen LogP contribution in [0, 0.1) is 0 Å². The molecule has 1 aliphatic rings. The van der Waals surface area contributed by atoms with E-state index in [1.165, 1.54) is 0 Å². The van der Waals surface area contributed by atoms with E-state index in [9.17, 15) is 5.11 Å². The molecule has 4 heteroatoms. The molecule has 2 atom stereocenters. The summed E-state index contributed by atoms with van der Waals surface area (Å²) in [4.78, 5) is 0. The van der Waals surface area contributed by atoms with Gasteiger partial charge in [0.15, 0.2) is 0 Å². The number of hydrogen-bond acceptors (Lipinski definition) is 3. The van der Waals surface area contributed by atoms with E-state index in [1.54, 1.807) is 7.11 Å². The van der Waals surface area contributed by atoms with E-state index in [4.69, 9.17) is 9.47 Å². The summed E-state index contributed by atoms with van der Waals surface area (Å²) in [6.07, 6.45) is 3.32. The molecule has 1 N–H and O–H groups in total. The molecule has 0 aromatic heterocycles. The van der Waals surface area contributed by atoms with Crippen LogP contribution in [0.3, 0.4) is 0 Å². The van der Waals surface area contributed by atoms with Gasteiger partial charge >= 0.3 is 0 Å². The molecule has 18 heavy (non-hydrogen) atoms. The zero-order valence-electron chi connectivity index (χ0n) is 10.6. The molecular formula is C14H19BrO3. The molecule has 1 saturated heterocycles. The van der Waals surface area contributed by atoms with Crippen LogP contribution in [0.15, 0.2) is 22.7 Å². The van der Waals surface area contributed by atoms with E-state index in [0.29, 0.717) is 12.8 Å². The van der Waals surface area contributed by atoms with Crippen molar-refractivity contribution < 1.29 is 14.6 Å². The van der Waals surface area contributed by atoms with Crippen LogP contribution < -0.4 is 4.74 Å². The molecule has 0 spiro atoms. The van der Waals surface area contributed by atoms with Gasteiger partial charge in [-0.15, -0.1) is 0 Å². The van der Waals surface area contributed by atoms with Crippen LogP contribution in [-0.4, -0.2) is 31.0 Å². The summed E-state index contributed by atoms with van der Waals surface area (Å²) in [5.74, 6) is 0.824. The SMILES string of the molecule is COc1ccc(Br)cc1CC(O)CC1CCCO1. The van der Waals surface area contributed by atoms with E-state index >= 15 is 0 Å². The van der Waals surface area contributed by atoms with Crippen molar-refractivity contribution in [2.75, 3.05) is 13.7 Å². The maximum Gasteiger partial charge on any atom is 0.122 e. The number of hydrogen-bond donors (Lipinski definition) is 1. The number of rotatable bonds is 5.